The Bertz CT molecular complexity index is 719. The molecule has 0 saturated carbocycles. The molecule has 19 heavy (non-hydrogen) atoms. The summed E-state index contributed by atoms with van der Waals surface area (Å²) in [5.41, 5.74) is 2.63. The number of rotatable bonds is 3. The van der Waals surface area contributed by atoms with E-state index in [0.717, 1.165) is 28.4 Å². The van der Waals surface area contributed by atoms with Crippen LogP contribution in [0.3, 0.4) is 0 Å². The van der Waals surface area contributed by atoms with Gasteiger partial charge in [0.1, 0.15) is 5.75 Å². The highest BCUT2D eigenvalue weighted by Gasteiger charge is 2.11. The van der Waals surface area contributed by atoms with Crippen LogP contribution in [-0.2, 0) is 0 Å². The second-order valence-electron chi connectivity index (χ2n) is 4.13. The molecule has 0 atom stereocenters. The molecule has 0 unspecified atom stereocenters. The summed E-state index contributed by atoms with van der Waals surface area (Å²) in [6.45, 7) is 0. The fourth-order valence-electron chi connectivity index (χ4n) is 2.13. The van der Waals surface area contributed by atoms with Crippen LogP contribution in [0.2, 0.25) is 0 Å². The van der Waals surface area contributed by atoms with Gasteiger partial charge in [-0.05, 0) is 24.3 Å². The zero-order valence-corrected chi connectivity index (χ0v) is 10.8. The van der Waals surface area contributed by atoms with Crippen LogP contribution in [0.25, 0.3) is 16.9 Å². The van der Waals surface area contributed by atoms with E-state index in [4.69, 9.17) is 9.47 Å². The SMILES string of the molecule is COc1ccccc1-c1cn2cccc(OC)c2n1. The molecule has 4 nitrogen and oxygen atoms in total. The summed E-state index contributed by atoms with van der Waals surface area (Å²) in [7, 11) is 3.31. The first-order valence-electron chi connectivity index (χ1n) is 5.98. The van der Waals surface area contributed by atoms with E-state index in [0.29, 0.717) is 0 Å². The van der Waals surface area contributed by atoms with Gasteiger partial charge in [-0.2, -0.15) is 0 Å². The van der Waals surface area contributed by atoms with Gasteiger partial charge in [-0.25, -0.2) is 4.98 Å². The molecule has 2 aromatic heterocycles. The van der Waals surface area contributed by atoms with Crippen molar-refractivity contribution in [1.29, 1.82) is 0 Å². The molecule has 3 aromatic rings. The summed E-state index contributed by atoms with van der Waals surface area (Å²) in [6, 6.07) is 11.7. The second-order valence-corrected chi connectivity index (χ2v) is 4.13. The van der Waals surface area contributed by atoms with Crippen LogP contribution in [0.5, 0.6) is 11.5 Å². The van der Waals surface area contributed by atoms with Gasteiger partial charge in [0, 0.05) is 18.0 Å². The number of para-hydroxylation sites is 1. The van der Waals surface area contributed by atoms with Crippen LogP contribution in [0.4, 0.5) is 0 Å². The number of hydrogen-bond donors (Lipinski definition) is 0. The Morgan fingerprint density at radius 1 is 0.947 bits per heavy atom. The zero-order chi connectivity index (χ0) is 13.2. The largest absolute Gasteiger partial charge is 0.496 e. The van der Waals surface area contributed by atoms with Gasteiger partial charge < -0.3 is 13.9 Å². The maximum atomic E-state index is 5.37. The molecule has 0 fully saturated rings. The number of pyridine rings is 1. The van der Waals surface area contributed by atoms with Crippen molar-refractivity contribution in [3.63, 3.8) is 0 Å². The zero-order valence-electron chi connectivity index (χ0n) is 10.8. The van der Waals surface area contributed by atoms with Crippen molar-refractivity contribution < 1.29 is 9.47 Å². The van der Waals surface area contributed by atoms with E-state index in [1.54, 1.807) is 14.2 Å². The third-order valence-electron chi connectivity index (χ3n) is 3.05. The lowest BCUT2D eigenvalue weighted by Crippen LogP contribution is -1.88. The van der Waals surface area contributed by atoms with Crippen molar-refractivity contribution >= 4 is 5.65 Å². The van der Waals surface area contributed by atoms with Crippen LogP contribution in [0.1, 0.15) is 0 Å². The maximum Gasteiger partial charge on any atom is 0.180 e. The average molecular weight is 254 g/mol. The van der Waals surface area contributed by atoms with Crippen molar-refractivity contribution in [2.45, 2.75) is 0 Å². The van der Waals surface area contributed by atoms with E-state index in [1.165, 1.54) is 0 Å². The molecule has 0 saturated heterocycles. The number of aromatic nitrogens is 2. The lowest BCUT2D eigenvalue weighted by molar-refractivity contribution is 0.416. The van der Waals surface area contributed by atoms with E-state index >= 15 is 0 Å². The minimum absolute atomic E-state index is 0.753. The predicted molar refractivity (Wildman–Crippen MR) is 73.7 cm³/mol. The third kappa shape index (κ3) is 1.91. The molecule has 4 heteroatoms. The fourth-order valence-corrected chi connectivity index (χ4v) is 2.13. The molecular formula is C15H14N2O2. The molecular weight excluding hydrogens is 240 g/mol. The Hall–Kier alpha value is -2.49. The highest BCUT2D eigenvalue weighted by Crippen LogP contribution is 2.30. The Morgan fingerprint density at radius 3 is 2.47 bits per heavy atom. The number of imidazole rings is 1. The average Bonchev–Trinajstić information content (AvgIpc) is 2.90. The molecule has 0 aliphatic heterocycles. The molecule has 3 rings (SSSR count). The Balaban J connectivity index is 2.21. The number of methoxy groups -OCH3 is 2. The molecule has 2 heterocycles. The van der Waals surface area contributed by atoms with Crippen LogP contribution in [0.15, 0.2) is 48.8 Å². The van der Waals surface area contributed by atoms with E-state index in [9.17, 15) is 0 Å². The number of fused-ring (bicyclic) bond motifs is 1. The number of hydrogen-bond acceptors (Lipinski definition) is 3. The fraction of sp³-hybridized carbons (Fsp3) is 0.133. The van der Waals surface area contributed by atoms with Gasteiger partial charge in [-0.15, -0.1) is 0 Å². The van der Waals surface area contributed by atoms with Gasteiger partial charge in [-0.1, -0.05) is 12.1 Å². The molecule has 0 N–H and O–H groups in total. The molecule has 1 aromatic carbocycles. The number of nitrogens with zero attached hydrogens (tertiary/aromatic N) is 2. The van der Waals surface area contributed by atoms with E-state index < -0.39 is 0 Å². The first-order chi connectivity index (χ1) is 9.33. The molecule has 0 radical (unpaired) electrons. The van der Waals surface area contributed by atoms with E-state index in [-0.39, 0.29) is 0 Å². The first-order valence-corrected chi connectivity index (χ1v) is 5.98. The predicted octanol–water partition coefficient (Wildman–Crippen LogP) is 3.02. The van der Waals surface area contributed by atoms with Crippen LogP contribution in [0, 0.1) is 0 Å². The van der Waals surface area contributed by atoms with Crippen molar-refractivity contribution in [2.24, 2.45) is 0 Å². The molecule has 0 spiro atoms. The quantitative estimate of drug-likeness (QED) is 0.720. The van der Waals surface area contributed by atoms with Gasteiger partial charge in [0.2, 0.25) is 0 Å². The van der Waals surface area contributed by atoms with Crippen molar-refractivity contribution in [3.8, 4) is 22.8 Å². The topological polar surface area (TPSA) is 35.8 Å². The highest BCUT2D eigenvalue weighted by molar-refractivity contribution is 5.70. The van der Waals surface area contributed by atoms with Gasteiger partial charge >= 0.3 is 0 Å². The standard InChI is InChI=1S/C15H14N2O2/c1-18-13-7-4-3-6-11(13)12-10-17-9-5-8-14(19-2)15(17)16-12/h3-10H,1-2H3. The summed E-state index contributed by atoms with van der Waals surface area (Å²) in [5, 5.41) is 0. The normalized spacial score (nSPS) is 10.6. The summed E-state index contributed by atoms with van der Waals surface area (Å²) in [4.78, 5) is 4.62. The molecule has 0 amide bonds. The van der Waals surface area contributed by atoms with Crippen LogP contribution < -0.4 is 9.47 Å². The molecule has 0 bridgehead atoms. The second kappa shape index (κ2) is 4.65. The lowest BCUT2D eigenvalue weighted by atomic mass is 10.1. The van der Waals surface area contributed by atoms with E-state index in [2.05, 4.69) is 4.98 Å². The van der Waals surface area contributed by atoms with Gasteiger partial charge in [0.15, 0.2) is 11.4 Å². The van der Waals surface area contributed by atoms with Crippen LogP contribution in [-0.4, -0.2) is 23.6 Å². The van der Waals surface area contributed by atoms with Gasteiger partial charge in [0.05, 0.1) is 19.9 Å². The van der Waals surface area contributed by atoms with E-state index in [1.807, 2.05) is 53.2 Å². The monoisotopic (exact) mass is 254 g/mol. The van der Waals surface area contributed by atoms with Gasteiger partial charge in [-0.3, -0.25) is 0 Å². The summed E-state index contributed by atoms with van der Waals surface area (Å²) < 4.78 is 12.6. The Kier molecular flexibility index (Phi) is 2.83. The third-order valence-corrected chi connectivity index (χ3v) is 3.05. The highest BCUT2D eigenvalue weighted by atomic mass is 16.5. The minimum atomic E-state index is 0.753. The molecule has 0 aliphatic carbocycles. The molecule has 0 aliphatic rings. The number of benzene rings is 1. The molecule has 96 valence electrons. The Labute approximate surface area is 111 Å². The van der Waals surface area contributed by atoms with Crippen molar-refractivity contribution in [3.05, 3.63) is 48.8 Å². The first kappa shape index (κ1) is 11.6. The Morgan fingerprint density at radius 2 is 1.68 bits per heavy atom. The number of ether oxygens (including phenoxy) is 2. The maximum absolute atomic E-state index is 5.37. The lowest BCUT2D eigenvalue weighted by Gasteiger charge is -2.04. The van der Waals surface area contributed by atoms with Crippen molar-refractivity contribution in [2.75, 3.05) is 14.2 Å². The smallest absolute Gasteiger partial charge is 0.180 e. The minimum Gasteiger partial charge on any atom is -0.496 e. The summed E-state index contributed by atoms with van der Waals surface area (Å²) in [5.74, 6) is 1.56. The summed E-state index contributed by atoms with van der Waals surface area (Å²) >= 11 is 0. The van der Waals surface area contributed by atoms with Crippen LogP contribution >= 0.6 is 0 Å². The van der Waals surface area contributed by atoms with Gasteiger partial charge in [0.25, 0.3) is 0 Å². The van der Waals surface area contributed by atoms with Crippen molar-refractivity contribution in [1.82, 2.24) is 9.38 Å². The summed E-state index contributed by atoms with van der Waals surface area (Å²) in [6.07, 6.45) is 3.92.